The highest BCUT2D eigenvalue weighted by atomic mass is 35.5. The lowest BCUT2D eigenvalue weighted by atomic mass is 9.90. The molecule has 31 heavy (non-hydrogen) atoms. The van der Waals surface area contributed by atoms with Gasteiger partial charge in [0.1, 0.15) is 0 Å². The number of benzene rings is 2. The van der Waals surface area contributed by atoms with Crippen LogP contribution in [0, 0.1) is 0 Å². The first-order valence-corrected chi connectivity index (χ1v) is 12.0. The van der Waals surface area contributed by atoms with Gasteiger partial charge in [0.05, 0.1) is 10.2 Å². The second-order valence-corrected chi connectivity index (χ2v) is 9.23. The fourth-order valence-corrected chi connectivity index (χ4v) is 5.36. The molecule has 7 heteroatoms. The van der Waals surface area contributed by atoms with Gasteiger partial charge in [-0.15, -0.1) is 12.4 Å². The molecule has 0 saturated heterocycles. The molecule has 0 bridgehead atoms. The number of thiazole rings is 1. The summed E-state index contributed by atoms with van der Waals surface area (Å²) in [6, 6.07) is 11.9. The van der Waals surface area contributed by atoms with Gasteiger partial charge in [0.2, 0.25) is 0 Å². The molecule has 0 atom stereocenters. The maximum absolute atomic E-state index is 13.6. The highest BCUT2D eigenvalue weighted by Crippen LogP contribution is 2.32. The molecule has 166 valence electrons. The van der Waals surface area contributed by atoms with Gasteiger partial charge in [-0.05, 0) is 80.2 Å². The third kappa shape index (κ3) is 5.40. The van der Waals surface area contributed by atoms with Crippen LogP contribution in [0.25, 0.3) is 10.2 Å². The predicted molar refractivity (Wildman–Crippen MR) is 134 cm³/mol. The second kappa shape index (κ2) is 10.8. The van der Waals surface area contributed by atoms with E-state index in [1.165, 1.54) is 35.3 Å². The van der Waals surface area contributed by atoms with Crippen LogP contribution < -0.4 is 4.90 Å². The van der Waals surface area contributed by atoms with Gasteiger partial charge in [0, 0.05) is 23.7 Å². The van der Waals surface area contributed by atoms with E-state index in [4.69, 9.17) is 16.6 Å². The number of aryl methyl sites for hydroxylation is 2. The van der Waals surface area contributed by atoms with Gasteiger partial charge in [-0.25, -0.2) is 4.98 Å². The van der Waals surface area contributed by atoms with Crippen molar-refractivity contribution >= 4 is 56.6 Å². The number of rotatable bonds is 7. The molecule has 1 aliphatic rings. The molecule has 2 aromatic carbocycles. The fourth-order valence-electron chi connectivity index (χ4n) is 4.09. The fraction of sp³-hybridized carbons (Fsp3) is 0.417. The van der Waals surface area contributed by atoms with Crippen LogP contribution in [-0.2, 0) is 12.8 Å². The second-order valence-electron chi connectivity index (χ2n) is 7.78. The molecule has 0 N–H and O–H groups in total. The Hall–Kier alpha value is -1.66. The highest BCUT2D eigenvalue weighted by Gasteiger charge is 2.23. The van der Waals surface area contributed by atoms with Crippen molar-refractivity contribution in [1.82, 2.24) is 9.88 Å². The number of fused-ring (bicyclic) bond motifs is 2. The molecule has 0 saturated carbocycles. The van der Waals surface area contributed by atoms with Gasteiger partial charge in [-0.2, -0.15) is 0 Å². The molecule has 3 aromatic rings. The minimum atomic E-state index is 0. The Bertz CT molecular complexity index is 1050. The zero-order valence-corrected chi connectivity index (χ0v) is 20.5. The Balaban J connectivity index is 0.00000272. The average Bonchev–Trinajstić information content (AvgIpc) is 3.18. The lowest BCUT2D eigenvalue weighted by molar-refractivity contribution is 0.0983. The quantitative estimate of drug-likeness (QED) is 0.403. The van der Waals surface area contributed by atoms with Crippen molar-refractivity contribution in [2.45, 2.75) is 39.5 Å². The number of carbonyl (C=O) groups is 1. The standard InChI is InChI=1S/C24H28ClN3OS.ClH/c1-3-27(4-2)13-14-28(24-26-21-12-11-20(25)16-22(21)30-24)23(29)19-10-9-17-7-5-6-8-18(17)15-19;/h9-12,15-16H,3-8,13-14H2,1-2H3;1H. The number of halogens is 2. The number of aromatic nitrogens is 1. The number of carbonyl (C=O) groups excluding carboxylic acids is 1. The van der Waals surface area contributed by atoms with E-state index in [2.05, 4.69) is 30.9 Å². The molecule has 0 spiro atoms. The molecule has 1 amide bonds. The smallest absolute Gasteiger partial charge is 0.260 e. The van der Waals surface area contributed by atoms with E-state index in [0.29, 0.717) is 11.6 Å². The molecule has 1 aliphatic carbocycles. The third-order valence-electron chi connectivity index (χ3n) is 5.94. The van der Waals surface area contributed by atoms with E-state index in [1.54, 1.807) is 0 Å². The lowest BCUT2D eigenvalue weighted by Crippen LogP contribution is -2.39. The van der Waals surface area contributed by atoms with Crippen LogP contribution in [0.4, 0.5) is 5.13 Å². The summed E-state index contributed by atoms with van der Waals surface area (Å²) < 4.78 is 1.00. The number of anilines is 1. The topological polar surface area (TPSA) is 36.4 Å². The first kappa shape index (κ1) is 24.0. The third-order valence-corrected chi connectivity index (χ3v) is 7.22. The molecule has 0 radical (unpaired) electrons. The summed E-state index contributed by atoms with van der Waals surface area (Å²) >= 11 is 7.69. The van der Waals surface area contributed by atoms with E-state index in [1.807, 2.05) is 29.2 Å². The Morgan fingerprint density at radius 1 is 1.03 bits per heavy atom. The summed E-state index contributed by atoms with van der Waals surface area (Å²) in [5.41, 5.74) is 4.35. The largest absolute Gasteiger partial charge is 0.302 e. The van der Waals surface area contributed by atoms with Crippen molar-refractivity contribution in [3.63, 3.8) is 0 Å². The van der Waals surface area contributed by atoms with Gasteiger partial charge >= 0.3 is 0 Å². The van der Waals surface area contributed by atoms with Crippen LogP contribution in [0.5, 0.6) is 0 Å². The molecule has 0 fully saturated rings. The molecule has 0 aliphatic heterocycles. The first-order valence-electron chi connectivity index (χ1n) is 10.8. The summed E-state index contributed by atoms with van der Waals surface area (Å²) in [5, 5.41) is 1.43. The number of likely N-dealkylation sites (N-methyl/N-ethyl adjacent to an activating group) is 1. The monoisotopic (exact) mass is 477 g/mol. The van der Waals surface area contributed by atoms with Crippen molar-refractivity contribution in [3.8, 4) is 0 Å². The van der Waals surface area contributed by atoms with E-state index in [9.17, 15) is 4.79 Å². The molecule has 4 nitrogen and oxygen atoms in total. The van der Waals surface area contributed by atoms with Crippen LogP contribution in [0.15, 0.2) is 36.4 Å². The summed E-state index contributed by atoms with van der Waals surface area (Å²) in [6.45, 7) is 7.67. The van der Waals surface area contributed by atoms with E-state index < -0.39 is 0 Å². The maximum atomic E-state index is 13.6. The van der Waals surface area contributed by atoms with Crippen molar-refractivity contribution in [2.75, 3.05) is 31.1 Å². The van der Waals surface area contributed by atoms with Crippen molar-refractivity contribution in [2.24, 2.45) is 0 Å². The number of hydrogen-bond donors (Lipinski definition) is 0. The van der Waals surface area contributed by atoms with Gasteiger partial charge in [-0.3, -0.25) is 9.69 Å². The van der Waals surface area contributed by atoms with Gasteiger partial charge in [0.15, 0.2) is 5.13 Å². The highest BCUT2D eigenvalue weighted by molar-refractivity contribution is 7.22. The van der Waals surface area contributed by atoms with Crippen LogP contribution in [0.3, 0.4) is 0 Å². The Kier molecular flexibility index (Phi) is 8.34. The minimum absolute atomic E-state index is 0. The molecule has 0 unspecified atom stereocenters. The van der Waals surface area contributed by atoms with Gasteiger partial charge in [-0.1, -0.05) is 42.9 Å². The van der Waals surface area contributed by atoms with Gasteiger partial charge < -0.3 is 4.90 Å². The normalized spacial score (nSPS) is 13.2. The van der Waals surface area contributed by atoms with Crippen LogP contribution in [0.2, 0.25) is 5.02 Å². The van der Waals surface area contributed by atoms with Gasteiger partial charge in [0.25, 0.3) is 5.91 Å². The summed E-state index contributed by atoms with van der Waals surface area (Å²) in [5.74, 6) is 0.0284. The summed E-state index contributed by atoms with van der Waals surface area (Å²) in [6.07, 6.45) is 4.63. The number of hydrogen-bond acceptors (Lipinski definition) is 4. The Morgan fingerprint density at radius 3 is 2.52 bits per heavy atom. The molecule has 1 heterocycles. The maximum Gasteiger partial charge on any atom is 0.260 e. The molecular weight excluding hydrogens is 449 g/mol. The number of amides is 1. The predicted octanol–water partition coefficient (Wildman–Crippen LogP) is 6.24. The van der Waals surface area contributed by atoms with Crippen LogP contribution in [-0.4, -0.2) is 42.0 Å². The average molecular weight is 478 g/mol. The van der Waals surface area contributed by atoms with Crippen LogP contribution in [0.1, 0.15) is 48.2 Å². The van der Waals surface area contributed by atoms with E-state index >= 15 is 0 Å². The Labute approximate surface area is 199 Å². The zero-order valence-electron chi connectivity index (χ0n) is 18.1. The van der Waals surface area contributed by atoms with E-state index in [-0.39, 0.29) is 18.3 Å². The van der Waals surface area contributed by atoms with E-state index in [0.717, 1.165) is 53.4 Å². The molecular formula is C24H29Cl2N3OS. The SMILES string of the molecule is CCN(CC)CCN(C(=O)c1ccc2c(c1)CCCC2)c1nc2ccc(Cl)cc2s1.Cl. The number of nitrogens with zero attached hydrogens (tertiary/aromatic N) is 3. The summed E-state index contributed by atoms with van der Waals surface area (Å²) in [7, 11) is 0. The molecule has 4 rings (SSSR count). The van der Waals surface area contributed by atoms with Crippen molar-refractivity contribution < 1.29 is 4.79 Å². The lowest BCUT2D eigenvalue weighted by Gasteiger charge is -2.25. The molecule has 1 aromatic heterocycles. The first-order chi connectivity index (χ1) is 14.6. The zero-order chi connectivity index (χ0) is 21.1. The Morgan fingerprint density at radius 2 is 1.77 bits per heavy atom. The summed E-state index contributed by atoms with van der Waals surface area (Å²) in [4.78, 5) is 22.6. The minimum Gasteiger partial charge on any atom is -0.302 e. The van der Waals surface area contributed by atoms with Crippen molar-refractivity contribution in [3.05, 3.63) is 58.1 Å². The van der Waals surface area contributed by atoms with Crippen molar-refractivity contribution in [1.29, 1.82) is 0 Å². The van der Waals surface area contributed by atoms with Crippen LogP contribution >= 0.6 is 35.3 Å².